The summed E-state index contributed by atoms with van der Waals surface area (Å²) >= 11 is 0. The monoisotopic (exact) mass is 230 g/mol. The molecule has 1 saturated heterocycles. The molecule has 1 aromatic carbocycles. The SMILES string of the molecule is C[N+]1(CCC#N)CCN(c2ccccc2)CC1. The Kier molecular flexibility index (Phi) is 3.65. The van der Waals surface area contributed by atoms with Crippen LogP contribution in [0.25, 0.3) is 0 Å². The van der Waals surface area contributed by atoms with E-state index in [1.54, 1.807) is 0 Å². The molecule has 0 spiro atoms. The standard InChI is InChI=1S/C14H20N3/c1-17(11-5-8-15)12-9-16(10-13-17)14-6-3-2-4-7-14/h2-4,6-7H,5,9-13H2,1H3/q+1. The largest absolute Gasteiger partial charge is 0.360 e. The van der Waals surface area contributed by atoms with Crippen molar-refractivity contribution in [2.75, 3.05) is 44.7 Å². The van der Waals surface area contributed by atoms with Gasteiger partial charge < -0.3 is 9.38 Å². The summed E-state index contributed by atoms with van der Waals surface area (Å²) in [5.74, 6) is 0. The van der Waals surface area contributed by atoms with E-state index in [1.165, 1.54) is 5.69 Å². The fraction of sp³-hybridized carbons (Fsp3) is 0.500. The van der Waals surface area contributed by atoms with Crippen molar-refractivity contribution in [2.45, 2.75) is 6.42 Å². The Morgan fingerprint density at radius 1 is 1.24 bits per heavy atom. The third kappa shape index (κ3) is 2.98. The first kappa shape index (κ1) is 11.9. The average molecular weight is 230 g/mol. The van der Waals surface area contributed by atoms with E-state index in [4.69, 9.17) is 5.26 Å². The number of piperazine rings is 1. The van der Waals surface area contributed by atoms with Gasteiger partial charge in [0.2, 0.25) is 0 Å². The van der Waals surface area contributed by atoms with Crippen LogP contribution in [0.4, 0.5) is 5.69 Å². The molecular weight excluding hydrogens is 210 g/mol. The number of hydrogen-bond acceptors (Lipinski definition) is 2. The van der Waals surface area contributed by atoms with Crippen molar-refractivity contribution in [3.63, 3.8) is 0 Å². The Bertz CT molecular complexity index is 386. The summed E-state index contributed by atoms with van der Waals surface area (Å²) in [5, 5.41) is 8.67. The predicted octanol–water partition coefficient (Wildman–Crippen LogP) is 1.87. The van der Waals surface area contributed by atoms with Gasteiger partial charge in [-0.1, -0.05) is 18.2 Å². The second kappa shape index (κ2) is 5.20. The third-order valence-corrected chi connectivity index (χ3v) is 3.70. The molecule has 0 amide bonds. The van der Waals surface area contributed by atoms with Gasteiger partial charge in [0, 0.05) is 5.69 Å². The van der Waals surface area contributed by atoms with Gasteiger partial charge in [-0.15, -0.1) is 0 Å². The van der Waals surface area contributed by atoms with E-state index in [2.05, 4.69) is 48.3 Å². The predicted molar refractivity (Wildman–Crippen MR) is 69.7 cm³/mol. The van der Waals surface area contributed by atoms with Gasteiger partial charge in [-0.05, 0) is 12.1 Å². The van der Waals surface area contributed by atoms with Gasteiger partial charge in [-0.3, -0.25) is 0 Å². The summed E-state index contributed by atoms with van der Waals surface area (Å²) in [6.45, 7) is 5.43. The summed E-state index contributed by atoms with van der Waals surface area (Å²) in [5.41, 5.74) is 1.32. The van der Waals surface area contributed by atoms with Crippen molar-refractivity contribution < 1.29 is 4.48 Å². The molecule has 17 heavy (non-hydrogen) atoms. The minimum atomic E-state index is 0.668. The number of nitrogens with zero attached hydrogens (tertiary/aromatic N) is 3. The number of quaternary nitrogens is 1. The molecule has 1 aliphatic heterocycles. The average Bonchev–Trinajstić information content (AvgIpc) is 2.38. The topological polar surface area (TPSA) is 27.0 Å². The minimum absolute atomic E-state index is 0.668. The fourth-order valence-corrected chi connectivity index (χ4v) is 2.39. The van der Waals surface area contributed by atoms with Crippen LogP contribution in [0.2, 0.25) is 0 Å². The van der Waals surface area contributed by atoms with Crippen molar-refractivity contribution in [1.29, 1.82) is 5.26 Å². The van der Waals surface area contributed by atoms with Crippen molar-refractivity contribution in [2.24, 2.45) is 0 Å². The summed E-state index contributed by atoms with van der Waals surface area (Å²) in [4.78, 5) is 2.44. The van der Waals surface area contributed by atoms with E-state index in [1.807, 2.05) is 0 Å². The molecule has 0 bridgehead atoms. The first-order chi connectivity index (χ1) is 8.23. The van der Waals surface area contributed by atoms with Crippen LogP contribution in [0.15, 0.2) is 30.3 Å². The van der Waals surface area contributed by atoms with E-state index in [0.717, 1.165) is 37.2 Å². The van der Waals surface area contributed by atoms with Gasteiger partial charge in [-0.2, -0.15) is 5.26 Å². The fourth-order valence-electron chi connectivity index (χ4n) is 2.39. The second-order valence-corrected chi connectivity index (χ2v) is 5.02. The van der Waals surface area contributed by atoms with Crippen LogP contribution in [-0.2, 0) is 0 Å². The molecule has 1 aromatic rings. The Morgan fingerprint density at radius 2 is 1.88 bits per heavy atom. The van der Waals surface area contributed by atoms with E-state index in [9.17, 15) is 0 Å². The third-order valence-electron chi connectivity index (χ3n) is 3.70. The highest BCUT2D eigenvalue weighted by Crippen LogP contribution is 2.18. The molecule has 0 atom stereocenters. The minimum Gasteiger partial charge on any atom is -0.360 e. The lowest BCUT2D eigenvalue weighted by Gasteiger charge is -2.42. The van der Waals surface area contributed by atoms with Crippen LogP contribution in [0.1, 0.15) is 6.42 Å². The lowest BCUT2D eigenvalue weighted by molar-refractivity contribution is -0.909. The van der Waals surface area contributed by atoms with Crippen LogP contribution in [0, 0.1) is 11.3 Å². The van der Waals surface area contributed by atoms with Crippen molar-refractivity contribution >= 4 is 5.69 Å². The zero-order chi connectivity index (χ0) is 12.1. The van der Waals surface area contributed by atoms with Crippen LogP contribution in [0.3, 0.4) is 0 Å². The molecule has 0 radical (unpaired) electrons. The summed E-state index contributed by atoms with van der Waals surface area (Å²) in [7, 11) is 2.26. The highest BCUT2D eigenvalue weighted by Gasteiger charge is 2.28. The quantitative estimate of drug-likeness (QED) is 0.741. The van der Waals surface area contributed by atoms with Gasteiger partial charge in [-0.25, -0.2) is 0 Å². The first-order valence-corrected chi connectivity index (χ1v) is 6.24. The summed E-state index contributed by atoms with van der Waals surface area (Å²) in [6, 6.07) is 12.8. The van der Waals surface area contributed by atoms with Crippen molar-refractivity contribution in [3.05, 3.63) is 30.3 Å². The molecular formula is C14H20N3+. The molecule has 3 heteroatoms. The zero-order valence-electron chi connectivity index (χ0n) is 10.5. The lowest BCUT2D eigenvalue weighted by atomic mass is 10.2. The van der Waals surface area contributed by atoms with Crippen LogP contribution >= 0.6 is 0 Å². The van der Waals surface area contributed by atoms with Gasteiger partial charge in [0.05, 0.1) is 52.3 Å². The zero-order valence-corrected chi connectivity index (χ0v) is 10.5. The molecule has 2 rings (SSSR count). The second-order valence-electron chi connectivity index (χ2n) is 5.02. The Hall–Kier alpha value is -1.53. The maximum Gasteiger partial charge on any atom is 0.0963 e. The molecule has 1 fully saturated rings. The van der Waals surface area contributed by atoms with E-state index in [-0.39, 0.29) is 0 Å². The molecule has 0 aromatic heterocycles. The van der Waals surface area contributed by atoms with Gasteiger partial charge >= 0.3 is 0 Å². The maximum atomic E-state index is 8.67. The highest BCUT2D eigenvalue weighted by atomic mass is 15.4. The van der Waals surface area contributed by atoms with Crippen LogP contribution in [-0.4, -0.2) is 44.3 Å². The highest BCUT2D eigenvalue weighted by molar-refractivity contribution is 5.46. The Balaban J connectivity index is 1.92. The van der Waals surface area contributed by atoms with E-state index >= 15 is 0 Å². The van der Waals surface area contributed by atoms with Gasteiger partial charge in [0.25, 0.3) is 0 Å². The molecule has 0 unspecified atom stereocenters. The van der Waals surface area contributed by atoms with Crippen molar-refractivity contribution in [1.82, 2.24) is 0 Å². The van der Waals surface area contributed by atoms with E-state index in [0.29, 0.717) is 6.42 Å². The first-order valence-electron chi connectivity index (χ1n) is 6.24. The van der Waals surface area contributed by atoms with Gasteiger partial charge in [0.15, 0.2) is 0 Å². The summed E-state index contributed by atoms with van der Waals surface area (Å²) < 4.78 is 1.04. The van der Waals surface area contributed by atoms with Crippen LogP contribution < -0.4 is 4.90 Å². The maximum absolute atomic E-state index is 8.67. The van der Waals surface area contributed by atoms with Crippen molar-refractivity contribution in [3.8, 4) is 6.07 Å². The summed E-state index contributed by atoms with van der Waals surface area (Å²) in [6.07, 6.45) is 0.668. The van der Waals surface area contributed by atoms with Crippen LogP contribution in [0.5, 0.6) is 0 Å². The molecule has 3 nitrogen and oxygen atoms in total. The smallest absolute Gasteiger partial charge is 0.0963 e. The normalized spacial score (nSPS) is 18.7. The molecule has 1 aliphatic rings. The molecule has 0 N–H and O–H groups in total. The number of hydrogen-bond donors (Lipinski definition) is 0. The molecule has 90 valence electrons. The number of likely N-dealkylation sites (N-methyl/N-ethyl adjacent to an activating group) is 1. The number of rotatable bonds is 3. The van der Waals surface area contributed by atoms with Gasteiger partial charge in [0.1, 0.15) is 0 Å². The number of anilines is 1. The molecule has 0 saturated carbocycles. The Morgan fingerprint density at radius 3 is 2.47 bits per heavy atom. The number of para-hydroxylation sites is 1. The Labute approximate surface area is 103 Å². The molecule has 1 heterocycles. The van der Waals surface area contributed by atoms with E-state index < -0.39 is 0 Å². The molecule has 0 aliphatic carbocycles. The number of nitriles is 1. The number of benzene rings is 1. The lowest BCUT2D eigenvalue weighted by Crippen LogP contribution is -2.57.